The molecule has 0 aromatic rings. The minimum atomic E-state index is -0.153. The standard InChI is InChI=1S/C37H76O3/c1-5-35(3)29-25-21-17-13-9-7-11-15-19-23-27-31-39-34-37(33-38)40-32-28-24-20-16-12-8-10-14-18-22-26-30-36(4)6-2/h35-38H,5-34H2,1-4H3/t35?,36?,37-/m0/s1. The fourth-order valence-electron chi connectivity index (χ4n) is 5.50. The molecule has 2 unspecified atom stereocenters. The molecule has 0 saturated heterocycles. The van der Waals surface area contributed by atoms with Crippen LogP contribution in [0.4, 0.5) is 0 Å². The van der Waals surface area contributed by atoms with Crippen LogP contribution >= 0.6 is 0 Å². The van der Waals surface area contributed by atoms with Crippen molar-refractivity contribution in [2.45, 2.75) is 201 Å². The molecule has 3 atom stereocenters. The van der Waals surface area contributed by atoms with Crippen molar-refractivity contribution in [3.05, 3.63) is 0 Å². The molecule has 0 aliphatic rings. The zero-order valence-corrected chi connectivity index (χ0v) is 28.2. The van der Waals surface area contributed by atoms with Gasteiger partial charge in [-0.25, -0.2) is 0 Å². The molecule has 1 N–H and O–H groups in total. The van der Waals surface area contributed by atoms with Gasteiger partial charge in [0.05, 0.1) is 13.2 Å². The summed E-state index contributed by atoms with van der Waals surface area (Å²) in [6.45, 7) is 11.5. The highest BCUT2D eigenvalue weighted by atomic mass is 16.5. The van der Waals surface area contributed by atoms with E-state index in [0.717, 1.165) is 37.9 Å². The predicted octanol–water partition coefficient (Wildman–Crippen LogP) is 11.8. The maximum Gasteiger partial charge on any atom is 0.104 e. The summed E-state index contributed by atoms with van der Waals surface area (Å²) in [6.07, 6.45) is 35.4. The lowest BCUT2D eigenvalue weighted by atomic mass is 9.99. The molecule has 0 aliphatic heterocycles. The first-order valence-electron chi connectivity index (χ1n) is 18.4. The zero-order valence-electron chi connectivity index (χ0n) is 28.2. The van der Waals surface area contributed by atoms with Gasteiger partial charge >= 0.3 is 0 Å². The second-order valence-corrected chi connectivity index (χ2v) is 13.1. The van der Waals surface area contributed by atoms with Gasteiger partial charge in [-0.15, -0.1) is 0 Å². The SMILES string of the molecule is CCC(C)CCCCCCCCCCCCCOC[C@H](CO)OCCCCCCCCCCCCCC(C)CC. The maximum absolute atomic E-state index is 9.58. The van der Waals surface area contributed by atoms with Gasteiger partial charge in [-0.2, -0.15) is 0 Å². The molecular weight excluding hydrogens is 492 g/mol. The fraction of sp³-hybridized carbons (Fsp3) is 1.00. The Morgan fingerprint density at radius 1 is 0.450 bits per heavy atom. The van der Waals surface area contributed by atoms with Crippen molar-refractivity contribution in [1.82, 2.24) is 0 Å². The van der Waals surface area contributed by atoms with E-state index in [0.29, 0.717) is 6.61 Å². The fourth-order valence-corrected chi connectivity index (χ4v) is 5.50. The van der Waals surface area contributed by atoms with Crippen LogP contribution in [0.5, 0.6) is 0 Å². The van der Waals surface area contributed by atoms with E-state index < -0.39 is 0 Å². The van der Waals surface area contributed by atoms with E-state index in [-0.39, 0.29) is 12.7 Å². The number of ether oxygens (including phenoxy) is 2. The van der Waals surface area contributed by atoms with Crippen LogP contribution in [0.25, 0.3) is 0 Å². The van der Waals surface area contributed by atoms with E-state index >= 15 is 0 Å². The summed E-state index contributed by atoms with van der Waals surface area (Å²) in [6, 6.07) is 0. The monoisotopic (exact) mass is 569 g/mol. The first kappa shape index (κ1) is 39.9. The molecule has 0 rings (SSSR count). The van der Waals surface area contributed by atoms with Crippen molar-refractivity contribution < 1.29 is 14.6 Å². The second-order valence-electron chi connectivity index (χ2n) is 13.1. The first-order chi connectivity index (χ1) is 19.6. The van der Waals surface area contributed by atoms with Crippen molar-refractivity contribution >= 4 is 0 Å². The molecule has 242 valence electrons. The number of unbranched alkanes of at least 4 members (excludes halogenated alkanes) is 20. The van der Waals surface area contributed by atoms with Gasteiger partial charge in [0.25, 0.3) is 0 Å². The zero-order chi connectivity index (χ0) is 29.4. The molecule has 0 amide bonds. The average Bonchev–Trinajstić information content (AvgIpc) is 2.97. The third kappa shape index (κ3) is 30.8. The molecule has 0 aromatic heterocycles. The van der Waals surface area contributed by atoms with Gasteiger partial charge in [0.1, 0.15) is 6.10 Å². The molecule has 0 fully saturated rings. The van der Waals surface area contributed by atoms with Crippen molar-refractivity contribution in [1.29, 1.82) is 0 Å². The van der Waals surface area contributed by atoms with Crippen LogP contribution in [0.15, 0.2) is 0 Å². The largest absolute Gasteiger partial charge is 0.394 e. The van der Waals surface area contributed by atoms with Gasteiger partial charge in [0.2, 0.25) is 0 Å². The number of aliphatic hydroxyl groups is 1. The predicted molar refractivity (Wildman–Crippen MR) is 177 cm³/mol. The first-order valence-corrected chi connectivity index (χ1v) is 18.4. The third-order valence-electron chi connectivity index (χ3n) is 9.08. The molecule has 0 saturated carbocycles. The van der Waals surface area contributed by atoms with Crippen molar-refractivity contribution in [2.75, 3.05) is 26.4 Å². The smallest absolute Gasteiger partial charge is 0.104 e. The molecule has 0 aromatic carbocycles. The van der Waals surface area contributed by atoms with Crippen LogP contribution < -0.4 is 0 Å². The summed E-state index contributed by atoms with van der Waals surface area (Å²) in [5.41, 5.74) is 0. The van der Waals surface area contributed by atoms with Gasteiger partial charge in [-0.05, 0) is 24.7 Å². The Bertz CT molecular complexity index is 455. The van der Waals surface area contributed by atoms with Crippen LogP contribution in [0.2, 0.25) is 0 Å². The molecule has 0 spiro atoms. The van der Waals surface area contributed by atoms with Gasteiger partial charge in [-0.1, -0.05) is 182 Å². The minimum absolute atomic E-state index is 0.0650. The highest BCUT2D eigenvalue weighted by molar-refractivity contribution is 4.56. The molecule has 0 aliphatic carbocycles. The molecular formula is C37H76O3. The van der Waals surface area contributed by atoms with Gasteiger partial charge < -0.3 is 14.6 Å². The quantitative estimate of drug-likeness (QED) is 0.0784. The topological polar surface area (TPSA) is 38.7 Å². The lowest BCUT2D eigenvalue weighted by Gasteiger charge is -2.15. The highest BCUT2D eigenvalue weighted by Gasteiger charge is 2.07. The lowest BCUT2D eigenvalue weighted by Crippen LogP contribution is -2.24. The summed E-state index contributed by atoms with van der Waals surface area (Å²) in [4.78, 5) is 0. The van der Waals surface area contributed by atoms with Crippen molar-refractivity contribution in [3.8, 4) is 0 Å². The van der Waals surface area contributed by atoms with Gasteiger partial charge in [-0.3, -0.25) is 0 Å². The number of aliphatic hydroxyl groups excluding tert-OH is 1. The molecule has 3 heteroatoms. The van der Waals surface area contributed by atoms with Crippen LogP contribution in [-0.4, -0.2) is 37.6 Å². The van der Waals surface area contributed by atoms with Crippen LogP contribution in [0.3, 0.4) is 0 Å². The second kappa shape index (κ2) is 33.4. The number of rotatable bonds is 34. The Morgan fingerprint density at radius 3 is 1.12 bits per heavy atom. The summed E-state index contributed by atoms with van der Waals surface area (Å²) in [7, 11) is 0. The summed E-state index contributed by atoms with van der Waals surface area (Å²) in [5, 5.41) is 9.58. The number of hydrogen-bond donors (Lipinski definition) is 1. The summed E-state index contributed by atoms with van der Waals surface area (Å²) in [5.74, 6) is 1.84. The van der Waals surface area contributed by atoms with E-state index in [2.05, 4.69) is 27.7 Å². The Labute approximate surface area is 253 Å². The minimum Gasteiger partial charge on any atom is -0.394 e. The van der Waals surface area contributed by atoms with Crippen molar-refractivity contribution in [2.24, 2.45) is 11.8 Å². The van der Waals surface area contributed by atoms with Crippen LogP contribution in [-0.2, 0) is 9.47 Å². The Hall–Kier alpha value is -0.120. The summed E-state index contributed by atoms with van der Waals surface area (Å²) >= 11 is 0. The maximum atomic E-state index is 9.58. The van der Waals surface area contributed by atoms with Crippen LogP contribution in [0.1, 0.15) is 195 Å². The number of hydrogen-bond acceptors (Lipinski definition) is 3. The Morgan fingerprint density at radius 2 is 0.775 bits per heavy atom. The molecule has 40 heavy (non-hydrogen) atoms. The van der Waals surface area contributed by atoms with Gasteiger partial charge in [0.15, 0.2) is 0 Å². The van der Waals surface area contributed by atoms with Crippen LogP contribution in [0, 0.1) is 11.8 Å². The third-order valence-corrected chi connectivity index (χ3v) is 9.08. The molecule has 3 nitrogen and oxygen atoms in total. The average molecular weight is 569 g/mol. The Balaban J connectivity index is 3.28. The van der Waals surface area contributed by atoms with Crippen molar-refractivity contribution in [3.63, 3.8) is 0 Å². The normalized spacial score (nSPS) is 14.0. The van der Waals surface area contributed by atoms with E-state index in [4.69, 9.17) is 9.47 Å². The van der Waals surface area contributed by atoms with Gasteiger partial charge in [0, 0.05) is 13.2 Å². The van der Waals surface area contributed by atoms with E-state index in [9.17, 15) is 5.11 Å². The van der Waals surface area contributed by atoms with E-state index in [1.807, 2.05) is 0 Å². The lowest BCUT2D eigenvalue weighted by molar-refractivity contribution is -0.0437. The summed E-state index contributed by atoms with van der Waals surface area (Å²) < 4.78 is 11.7. The molecule has 0 bridgehead atoms. The molecule has 0 heterocycles. The van der Waals surface area contributed by atoms with E-state index in [1.165, 1.54) is 154 Å². The van der Waals surface area contributed by atoms with E-state index in [1.54, 1.807) is 0 Å². The Kier molecular flexibility index (Phi) is 33.3. The highest BCUT2D eigenvalue weighted by Crippen LogP contribution is 2.17. The molecule has 0 radical (unpaired) electrons.